The van der Waals surface area contributed by atoms with Crippen molar-refractivity contribution >= 4 is 17.2 Å². The average molecular weight is 379 g/mol. The smallest absolute Gasteiger partial charge is 0.274 e. The highest BCUT2D eigenvalue weighted by Crippen LogP contribution is 2.23. The first-order valence-corrected chi connectivity index (χ1v) is 9.27. The lowest BCUT2D eigenvalue weighted by Gasteiger charge is -2.01. The zero-order chi connectivity index (χ0) is 18.8. The molecule has 27 heavy (non-hydrogen) atoms. The summed E-state index contributed by atoms with van der Waals surface area (Å²) in [6, 6.07) is 13.2. The van der Waals surface area contributed by atoms with Gasteiger partial charge in [-0.25, -0.2) is 4.98 Å². The zero-order valence-electron chi connectivity index (χ0n) is 14.8. The number of amides is 1. The molecule has 0 bridgehead atoms. The highest BCUT2D eigenvalue weighted by atomic mass is 32.1. The summed E-state index contributed by atoms with van der Waals surface area (Å²) in [7, 11) is 0. The lowest BCUT2D eigenvalue weighted by Crippen LogP contribution is -2.23. The van der Waals surface area contributed by atoms with E-state index in [1.54, 1.807) is 18.3 Å². The molecule has 3 heterocycles. The first-order chi connectivity index (χ1) is 13.1. The lowest BCUT2D eigenvalue weighted by molar-refractivity contribution is 0.0942. The van der Waals surface area contributed by atoms with Crippen LogP contribution >= 0.6 is 11.3 Å². The molecule has 0 fully saturated rings. The molecule has 0 saturated carbocycles. The van der Waals surface area contributed by atoms with Gasteiger partial charge in [0.05, 0.1) is 22.9 Å². The third-order valence-corrected chi connectivity index (χ3v) is 4.71. The Labute approximate surface area is 159 Å². The minimum atomic E-state index is -0.294. The van der Waals surface area contributed by atoms with Crippen LogP contribution in [-0.4, -0.2) is 25.9 Å². The Kier molecular flexibility index (Phi) is 4.55. The fraction of sp³-hybridized carbons (Fsp3) is 0.158. The van der Waals surface area contributed by atoms with Crippen LogP contribution in [0.4, 0.5) is 0 Å². The second-order valence-corrected chi connectivity index (χ2v) is 7.02. The van der Waals surface area contributed by atoms with Crippen LogP contribution in [0.25, 0.3) is 17.1 Å². The molecule has 0 aliphatic rings. The maximum absolute atomic E-state index is 12.5. The molecule has 0 radical (unpaired) electrons. The molecule has 0 spiro atoms. The number of benzene rings is 1. The Balaban J connectivity index is 1.44. The van der Waals surface area contributed by atoms with Gasteiger partial charge in [-0.15, -0.1) is 16.4 Å². The standard InChI is InChI=1S/C19H17N5O2S/c1-12-18(23-24(22-12)14-6-4-3-5-7-14)19(25)20-10-15-8-9-17(26-15)16-11-27-13(2)21-16/h3-9,11H,10H2,1-2H3,(H,20,25). The van der Waals surface area contributed by atoms with Crippen LogP contribution < -0.4 is 5.32 Å². The molecule has 136 valence electrons. The molecule has 0 saturated heterocycles. The van der Waals surface area contributed by atoms with Gasteiger partial charge in [-0.3, -0.25) is 4.79 Å². The van der Waals surface area contributed by atoms with Crippen LogP contribution in [0.3, 0.4) is 0 Å². The Bertz CT molecular complexity index is 1080. The summed E-state index contributed by atoms with van der Waals surface area (Å²) < 4.78 is 5.76. The molecule has 0 atom stereocenters. The van der Waals surface area contributed by atoms with Crippen molar-refractivity contribution < 1.29 is 9.21 Å². The van der Waals surface area contributed by atoms with E-state index in [0.717, 1.165) is 16.4 Å². The quantitative estimate of drug-likeness (QED) is 0.573. The number of hydrogen-bond donors (Lipinski definition) is 1. The van der Waals surface area contributed by atoms with E-state index in [-0.39, 0.29) is 12.5 Å². The average Bonchev–Trinajstić information content (AvgIpc) is 3.40. The van der Waals surface area contributed by atoms with E-state index in [1.165, 1.54) is 4.80 Å². The van der Waals surface area contributed by atoms with Crippen molar-refractivity contribution in [2.45, 2.75) is 20.4 Å². The number of thiazole rings is 1. The van der Waals surface area contributed by atoms with Crippen molar-refractivity contribution in [3.63, 3.8) is 0 Å². The summed E-state index contributed by atoms with van der Waals surface area (Å²) in [4.78, 5) is 18.3. The number of rotatable bonds is 5. The number of aryl methyl sites for hydroxylation is 2. The predicted octanol–water partition coefficient (Wildman–Crippen LogP) is 3.53. The summed E-state index contributed by atoms with van der Waals surface area (Å²) in [6.07, 6.45) is 0. The number of aromatic nitrogens is 4. The maximum Gasteiger partial charge on any atom is 0.274 e. The summed E-state index contributed by atoms with van der Waals surface area (Å²) in [5.74, 6) is 1.05. The lowest BCUT2D eigenvalue weighted by atomic mass is 10.3. The van der Waals surface area contributed by atoms with E-state index in [9.17, 15) is 4.79 Å². The highest BCUT2D eigenvalue weighted by molar-refractivity contribution is 7.09. The van der Waals surface area contributed by atoms with Crippen LogP contribution in [0.2, 0.25) is 0 Å². The number of nitrogens with zero attached hydrogens (tertiary/aromatic N) is 4. The number of para-hydroxylation sites is 1. The van der Waals surface area contributed by atoms with Crippen LogP contribution in [0, 0.1) is 13.8 Å². The topological polar surface area (TPSA) is 85.8 Å². The molecule has 0 unspecified atom stereocenters. The minimum Gasteiger partial charge on any atom is -0.458 e. The van der Waals surface area contributed by atoms with Crippen LogP contribution in [0.15, 0.2) is 52.3 Å². The summed E-state index contributed by atoms with van der Waals surface area (Å²) in [5.41, 5.74) is 2.46. The van der Waals surface area contributed by atoms with Crippen molar-refractivity contribution in [2.24, 2.45) is 0 Å². The molecule has 3 aromatic heterocycles. The number of carbonyl (C=O) groups is 1. The Morgan fingerprint density at radius 3 is 2.70 bits per heavy atom. The van der Waals surface area contributed by atoms with Gasteiger partial charge >= 0.3 is 0 Å². The molecule has 0 aliphatic carbocycles. The van der Waals surface area contributed by atoms with Gasteiger partial charge in [-0.1, -0.05) is 18.2 Å². The molecule has 8 heteroatoms. The number of furan rings is 1. The van der Waals surface area contributed by atoms with E-state index >= 15 is 0 Å². The van der Waals surface area contributed by atoms with Crippen LogP contribution in [0.5, 0.6) is 0 Å². The second-order valence-electron chi connectivity index (χ2n) is 5.96. The third-order valence-electron chi connectivity index (χ3n) is 3.94. The second kappa shape index (κ2) is 7.16. The first kappa shape index (κ1) is 17.2. The number of carbonyl (C=O) groups excluding carboxylic acids is 1. The van der Waals surface area contributed by atoms with Gasteiger partial charge in [0, 0.05) is 5.38 Å². The zero-order valence-corrected chi connectivity index (χ0v) is 15.7. The van der Waals surface area contributed by atoms with Crippen molar-refractivity contribution in [1.29, 1.82) is 0 Å². The maximum atomic E-state index is 12.5. The fourth-order valence-corrected chi connectivity index (χ4v) is 3.21. The normalized spacial score (nSPS) is 10.9. The van der Waals surface area contributed by atoms with Gasteiger partial charge in [0.15, 0.2) is 11.5 Å². The summed E-state index contributed by atoms with van der Waals surface area (Å²) in [6.45, 7) is 3.97. The molecule has 0 aliphatic heterocycles. The molecule has 1 aromatic carbocycles. The van der Waals surface area contributed by atoms with E-state index in [4.69, 9.17) is 4.42 Å². The number of nitrogens with one attached hydrogen (secondary N) is 1. The highest BCUT2D eigenvalue weighted by Gasteiger charge is 2.17. The van der Waals surface area contributed by atoms with E-state index < -0.39 is 0 Å². The predicted molar refractivity (Wildman–Crippen MR) is 102 cm³/mol. The van der Waals surface area contributed by atoms with Gasteiger partial charge < -0.3 is 9.73 Å². The molecule has 4 aromatic rings. The van der Waals surface area contributed by atoms with Crippen molar-refractivity contribution in [1.82, 2.24) is 25.3 Å². The first-order valence-electron chi connectivity index (χ1n) is 8.39. The summed E-state index contributed by atoms with van der Waals surface area (Å²) in [5, 5.41) is 14.4. The van der Waals surface area contributed by atoms with Crippen LogP contribution in [-0.2, 0) is 6.54 Å². The van der Waals surface area contributed by atoms with E-state index in [1.807, 2.05) is 54.8 Å². The van der Waals surface area contributed by atoms with Gasteiger partial charge in [-0.05, 0) is 38.1 Å². The van der Waals surface area contributed by atoms with Gasteiger partial charge in [0.1, 0.15) is 11.5 Å². The Morgan fingerprint density at radius 2 is 1.96 bits per heavy atom. The largest absolute Gasteiger partial charge is 0.458 e. The van der Waals surface area contributed by atoms with Crippen molar-refractivity contribution in [2.75, 3.05) is 0 Å². The van der Waals surface area contributed by atoms with Gasteiger partial charge in [0.25, 0.3) is 5.91 Å². The van der Waals surface area contributed by atoms with Crippen molar-refractivity contribution in [3.05, 3.63) is 70.0 Å². The summed E-state index contributed by atoms with van der Waals surface area (Å²) >= 11 is 1.57. The number of hydrogen-bond acceptors (Lipinski definition) is 6. The molecule has 1 amide bonds. The van der Waals surface area contributed by atoms with Crippen LogP contribution in [0.1, 0.15) is 27.0 Å². The van der Waals surface area contributed by atoms with E-state index in [0.29, 0.717) is 22.9 Å². The molecule has 1 N–H and O–H groups in total. The Hall–Kier alpha value is -3.26. The molecular formula is C19H17N5O2S. The van der Waals surface area contributed by atoms with Gasteiger partial charge in [0.2, 0.25) is 0 Å². The SMILES string of the molecule is Cc1nc(-c2ccc(CNC(=O)c3nn(-c4ccccc4)nc3C)o2)cs1. The molecule has 7 nitrogen and oxygen atoms in total. The van der Waals surface area contributed by atoms with E-state index in [2.05, 4.69) is 20.5 Å². The molecule has 4 rings (SSSR count). The van der Waals surface area contributed by atoms with Crippen molar-refractivity contribution in [3.8, 4) is 17.1 Å². The Morgan fingerprint density at radius 1 is 1.15 bits per heavy atom. The monoisotopic (exact) mass is 379 g/mol. The third kappa shape index (κ3) is 3.65. The fourth-order valence-electron chi connectivity index (χ4n) is 2.60. The van der Waals surface area contributed by atoms with Gasteiger partial charge in [-0.2, -0.15) is 9.90 Å². The minimum absolute atomic E-state index is 0.263. The molecular weight excluding hydrogens is 362 g/mol.